The number of allylic oxidation sites excluding steroid dienone is 2. The molecule has 0 unspecified atom stereocenters. The van der Waals surface area contributed by atoms with Crippen LogP contribution in [0.4, 0.5) is 5.69 Å². The molecule has 0 aliphatic carbocycles. The lowest BCUT2D eigenvalue weighted by Gasteiger charge is -2.11. The molecule has 1 rings (SSSR count). The lowest BCUT2D eigenvalue weighted by atomic mass is 10.2. The second-order valence-corrected chi connectivity index (χ2v) is 5.97. The molecule has 0 aliphatic heterocycles. The zero-order valence-corrected chi connectivity index (χ0v) is 15.6. The summed E-state index contributed by atoms with van der Waals surface area (Å²) in [6.07, 6.45) is 9.34. The summed E-state index contributed by atoms with van der Waals surface area (Å²) in [5.41, 5.74) is 1.72. The van der Waals surface area contributed by atoms with E-state index in [1.165, 1.54) is 0 Å². The number of aromatic nitrogens is 1. The third-order valence-electron chi connectivity index (χ3n) is 3.24. The van der Waals surface area contributed by atoms with E-state index in [-0.39, 0.29) is 0 Å². The molecule has 0 saturated heterocycles. The maximum atomic E-state index is 5.76. The number of rotatable bonds is 9. The van der Waals surface area contributed by atoms with E-state index in [0.29, 0.717) is 12.5 Å². The van der Waals surface area contributed by atoms with Crippen molar-refractivity contribution in [3.05, 3.63) is 28.4 Å². The molecule has 0 aromatic carbocycles. The number of hydrogen-bond donors (Lipinski definition) is 0. The zero-order chi connectivity index (χ0) is 16.4. The SMILES string of the molecule is C/C=C/CCCCOc1nc(C)c(N=CN(C)CC)cc1Br. The van der Waals surface area contributed by atoms with Gasteiger partial charge in [0.05, 0.1) is 28.8 Å². The molecule has 1 aromatic rings. The lowest BCUT2D eigenvalue weighted by molar-refractivity contribution is 0.293. The molecule has 22 heavy (non-hydrogen) atoms. The van der Waals surface area contributed by atoms with Crippen LogP contribution in [0.3, 0.4) is 0 Å². The van der Waals surface area contributed by atoms with Crippen molar-refractivity contribution < 1.29 is 4.74 Å². The smallest absolute Gasteiger partial charge is 0.228 e. The Hall–Kier alpha value is -1.36. The predicted molar refractivity (Wildman–Crippen MR) is 97.3 cm³/mol. The molecule has 1 heterocycles. The van der Waals surface area contributed by atoms with Gasteiger partial charge in [-0.05, 0) is 62.0 Å². The second-order valence-electron chi connectivity index (χ2n) is 5.11. The minimum absolute atomic E-state index is 0.645. The average Bonchev–Trinajstić information content (AvgIpc) is 2.51. The van der Waals surface area contributed by atoms with E-state index < -0.39 is 0 Å². The van der Waals surface area contributed by atoms with Gasteiger partial charge in [0.25, 0.3) is 0 Å². The van der Waals surface area contributed by atoms with Gasteiger partial charge in [-0.1, -0.05) is 12.2 Å². The molecule has 0 aliphatic rings. The standard InChI is InChI=1S/C17H26BrN3O/c1-5-7-8-9-10-11-22-17-15(18)12-16(14(3)20-17)19-13-21(4)6-2/h5,7,12-13H,6,8-11H2,1-4H3/b7-5+,19-13?. The van der Waals surface area contributed by atoms with Gasteiger partial charge in [-0.3, -0.25) is 0 Å². The van der Waals surface area contributed by atoms with Crippen molar-refractivity contribution in [2.24, 2.45) is 4.99 Å². The number of pyridine rings is 1. The summed E-state index contributed by atoms with van der Waals surface area (Å²) in [5.74, 6) is 0.645. The van der Waals surface area contributed by atoms with E-state index in [9.17, 15) is 0 Å². The highest BCUT2D eigenvalue weighted by atomic mass is 79.9. The molecular weight excluding hydrogens is 342 g/mol. The summed E-state index contributed by atoms with van der Waals surface area (Å²) in [7, 11) is 1.99. The number of nitrogens with zero attached hydrogens (tertiary/aromatic N) is 3. The summed E-state index contributed by atoms with van der Waals surface area (Å²) in [6.45, 7) is 7.68. The predicted octanol–water partition coefficient (Wildman–Crippen LogP) is 4.89. The van der Waals surface area contributed by atoms with Crippen molar-refractivity contribution >= 4 is 28.0 Å². The molecule has 122 valence electrons. The highest BCUT2D eigenvalue weighted by Gasteiger charge is 2.08. The van der Waals surface area contributed by atoms with Gasteiger partial charge in [-0.2, -0.15) is 0 Å². The van der Waals surface area contributed by atoms with Crippen LogP contribution in [0.5, 0.6) is 5.88 Å². The molecule has 0 N–H and O–H groups in total. The van der Waals surface area contributed by atoms with Crippen LogP contribution in [0.1, 0.15) is 38.8 Å². The Bertz CT molecular complexity index is 515. The van der Waals surface area contributed by atoms with Crippen LogP contribution < -0.4 is 4.74 Å². The van der Waals surface area contributed by atoms with E-state index in [0.717, 1.165) is 41.7 Å². The molecule has 0 atom stereocenters. The Balaban J connectivity index is 2.59. The summed E-state index contributed by atoms with van der Waals surface area (Å²) in [4.78, 5) is 11.0. The first-order valence-electron chi connectivity index (χ1n) is 7.74. The number of hydrogen-bond acceptors (Lipinski definition) is 3. The summed E-state index contributed by atoms with van der Waals surface area (Å²) >= 11 is 3.51. The highest BCUT2D eigenvalue weighted by Crippen LogP contribution is 2.29. The van der Waals surface area contributed by atoms with Crippen LogP contribution in [0.2, 0.25) is 0 Å². The fourth-order valence-electron chi connectivity index (χ4n) is 1.72. The monoisotopic (exact) mass is 367 g/mol. The molecular formula is C17H26BrN3O. The topological polar surface area (TPSA) is 37.7 Å². The van der Waals surface area contributed by atoms with Gasteiger partial charge in [-0.25, -0.2) is 9.98 Å². The molecule has 0 fully saturated rings. The Morgan fingerprint density at radius 2 is 2.18 bits per heavy atom. The average molecular weight is 368 g/mol. The molecule has 0 spiro atoms. The lowest BCUT2D eigenvalue weighted by Crippen LogP contribution is -2.14. The van der Waals surface area contributed by atoms with Crippen LogP contribution in [0.15, 0.2) is 27.7 Å². The maximum absolute atomic E-state index is 5.76. The van der Waals surface area contributed by atoms with Crippen LogP contribution in [-0.2, 0) is 0 Å². The van der Waals surface area contributed by atoms with Crippen LogP contribution >= 0.6 is 15.9 Å². The normalized spacial score (nSPS) is 11.5. The third-order valence-corrected chi connectivity index (χ3v) is 3.81. The number of unbranched alkanes of at least 4 members (excludes halogenated alkanes) is 2. The third kappa shape index (κ3) is 6.60. The van der Waals surface area contributed by atoms with Crippen LogP contribution in [-0.4, -0.2) is 36.4 Å². The van der Waals surface area contributed by atoms with Gasteiger partial charge in [-0.15, -0.1) is 0 Å². The molecule has 0 amide bonds. The van der Waals surface area contributed by atoms with Gasteiger partial charge in [0.1, 0.15) is 0 Å². The van der Waals surface area contributed by atoms with Gasteiger partial charge in [0.2, 0.25) is 5.88 Å². The second kappa shape index (κ2) is 10.4. The van der Waals surface area contributed by atoms with Gasteiger partial charge < -0.3 is 9.64 Å². The number of aliphatic imine (C=N–C) groups is 1. The molecule has 4 nitrogen and oxygen atoms in total. The fraction of sp³-hybridized carbons (Fsp3) is 0.529. The molecule has 0 bridgehead atoms. The van der Waals surface area contributed by atoms with E-state index in [1.54, 1.807) is 0 Å². The Labute approximate surface area is 142 Å². The number of aryl methyl sites for hydroxylation is 1. The fourth-order valence-corrected chi connectivity index (χ4v) is 2.14. The van der Waals surface area contributed by atoms with Gasteiger partial charge in [0, 0.05) is 13.6 Å². The summed E-state index contributed by atoms with van der Waals surface area (Å²) < 4.78 is 6.60. The molecule has 1 aromatic heterocycles. The van der Waals surface area contributed by atoms with E-state index in [2.05, 4.69) is 45.0 Å². The minimum Gasteiger partial charge on any atom is -0.477 e. The number of ether oxygens (including phenoxy) is 1. The van der Waals surface area contributed by atoms with E-state index >= 15 is 0 Å². The first-order chi connectivity index (χ1) is 10.6. The van der Waals surface area contributed by atoms with Crippen LogP contribution in [0.25, 0.3) is 0 Å². The van der Waals surface area contributed by atoms with Crippen LogP contribution in [0, 0.1) is 6.92 Å². The summed E-state index contributed by atoms with van der Waals surface area (Å²) in [6, 6.07) is 1.96. The van der Waals surface area contributed by atoms with Crippen molar-refractivity contribution in [1.82, 2.24) is 9.88 Å². The van der Waals surface area contributed by atoms with Crippen molar-refractivity contribution in [3.8, 4) is 5.88 Å². The molecule has 0 saturated carbocycles. The quantitative estimate of drug-likeness (QED) is 0.270. The molecule has 5 heteroatoms. The Morgan fingerprint density at radius 3 is 2.86 bits per heavy atom. The Morgan fingerprint density at radius 1 is 1.41 bits per heavy atom. The van der Waals surface area contributed by atoms with Crippen molar-refractivity contribution in [2.75, 3.05) is 20.2 Å². The van der Waals surface area contributed by atoms with Crippen molar-refractivity contribution in [3.63, 3.8) is 0 Å². The minimum atomic E-state index is 0.645. The van der Waals surface area contributed by atoms with E-state index in [1.807, 2.05) is 38.2 Å². The van der Waals surface area contributed by atoms with Gasteiger partial charge >= 0.3 is 0 Å². The van der Waals surface area contributed by atoms with Crippen molar-refractivity contribution in [1.29, 1.82) is 0 Å². The zero-order valence-electron chi connectivity index (χ0n) is 14.0. The maximum Gasteiger partial charge on any atom is 0.228 e. The Kier molecular flexibility index (Phi) is 8.82. The first kappa shape index (κ1) is 18.7. The molecule has 0 radical (unpaired) electrons. The number of halogens is 1. The van der Waals surface area contributed by atoms with Gasteiger partial charge in [0.15, 0.2) is 0 Å². The summed E-state index contributed by atoms with van der Waals surface area (Å²) in [5, 5.41) is 0. The largest absolute Gasteiger partial charge is 0.477 e. The first-order valence-corrected chi connectivity index (χ1v) is 8.53. The van der Waals surface area contributed by atoms with Crippen molar-refractivity contribution in [2.45, 2.75) is 40.0 Å². The highest BCUT2D eigenvalue weighted by molar-refractivity contribution is 9.10. The van der Waals surface area contributed by atoms with E-state index in [4.69, 9.17) is 4.74 Å².